The number of imide groups is 1. The molecule has 1 atom stereocenters. The Hall–Kier alpha value is -1.26. The fourth-order valence-electron chi connectivity index (χ4n) is 0.625. The van der Waals surface area contributed by atoms with Gasteiger partial charge < -0.3 is 0 Å². The number of nitrogens with zero attached hydrogens (tertiary/aromatic N) is 1. The molecule has 5 nitrogen and oxygen atoms in total. The Balaban J connectivity index is 2.68. The summed E-state index contributed by atoms with van der Waals surface area (Å²) in [5, 5.41) is 4.38. The smallest absolute Gasteiger partial charge is 0.255 e. The predicted molar refractivity (Wildman–Crippen MR) is 27.3 cm³/mol. The van der Waals surface area contributed by atoms with Crippen molar-refractivity contribution in [2.75, 3.05) is 0 Å². The number of nitrogens with one attached hydrogen (secondary N) is 1. The van der Waals surface area contributed by atoms with Crippen molar-refractivity contribution >= 4 is 11.8 Å². The zero-order valence-corrected chi connectivity index (χ0v) is 4.46. The molecule has 0 aliphatic carbocycles. The highest BCUT2D eigenvalue weighted by Crippen LogP contribution is 2.04. The second kappa shape index (κ2) is 1.93. The van der Waals surface area contributed by atoms with E-state index in [1.165, 1.54) is 0 Å². The van der Waals surface area contributed by atoms with Gasteiger partial charge in [-0.25, -0.2) is 0 Å². The Morgan fingerprint density at radius 1 is 1.56 bits per heavy atom. The number of hydrogen-bond acceptors (Lipinski definition) is 4. The molecule has 1 aliphatic rings. The summed E-state index contributed by atoms with van der Waals surface area (Å²) in [7, 11) is 0. The van der Waals surface area contributed by atoms with Gasteiger partial charge in [-0.2, -0.15) is 0 Å². The van der Waals surface area contributed by atoms with Gasteiger partial charge in [-0.05, 0) is 0 Å². The third-order valence-electron chi connectivity index (χ3n) is 1.07. The Morgan fingerprint density at radius 2 is 2.22 bits per heavy atom. The van der Waals surface area contributed by atoms with Crippen LogP contribution in [0.1, 0.15) is 6.42 Å². The standard InChI is InChI=1S/C4H4N2O3/c7-3-1-2(6-9)4(8)5-3/h2H,1H2,(H,5,7,8). The maximum absolute atomic E-state index is 10.4. The summed E-state index contributed by atoms with van der Waals surface area (Å²) in [5.74, 6) is -1.01. The number of amides is 2. The SMILES string of the molecule is O=NC1CC(=O)NC1=O. The van der Waals surface area contributed by atoms with Gasteiger partial charge in [0.25, 0.3) is 5.91 Å². The summed E-state index contributed by atoms with van der Waals surface area (Å²) >= 11 is 0. The molecule has 5 heteroatoms. The van der Waals surface area contributed by atoms with E-state index in [4.69, 9.17) is 0 Å². The van der Waals surface area contributed by atoms with Crippen LogP contribution in [-0.4, -0.2) is 17.9 Å². The molecule has 0 aromatic heterocycles. The second-order valence-corrected chi connectivity index (χ2v) is 1.74. The molecular weight excluding hydrogens is 124 g/mol. The van der Waals surface area contributed by atoms with E-state index >= 15 is 0 Å². The van der Waals surface area contributed by atoms with Gasteiger partial charge in [0, 0.05) is 0 Å². The minimum absolute atomic E-state index is 0.0949. The molecule has 1 fully saturated rings. The summed E-state index contributed by atoms with van der Waals surface area (Å²) in [6, 6.07) is -0.988. The van der Waals surface area contributed by atoms with E-state index < -0.39 is 17.9 Å². The van der Waals surface area contributed by atoms with Crippen molar-refractivity contribution in [1.82, 2.24) is 5.32 Å². The molecule has 1 unspecified atom stereocenters. The minimum Gasteiger partial charge on any atom is -0.294 e. The van der Waals surface area contributed by atoms with E-state index in [0.29, 0.717) is 0 Å². The Labute approximate surface area is 50.4 Å². The zero-order valence-electron chi connectivity index (χ0n) is 4.46. The largest absolute Gasteiger partial charge is 0.294 e. The highest BCUT2D eigenvalue weighted by molar-refractivity contribution is 6.05. The average molecular weight is 128 g/mol. The Morgan fingerprint density at radius 3 is 2.44 bits per heavy atom. The van der Waals surface area contributed by atoms with Crippen molar-refractivity contribution in [3.8, 4) is 0 Å². The van der Waals surface area contributed by atoms with E-state index in [1.54, 1.807) is 0 Å². The van der Waals surface area contributed by atoms with Crippen molar-refractivity contribution in [2.45, 2.75) is 12.5 Å². The van der Waals surface area contributed by atoms with E-state index in [-0.39, 0.29) is 6.42 Å². The van der Waals surface area contributed by atoms with E-state index in [9.17, 15) is 14.5 Å². The molecule has 2 amide bonds. The van der Waals surface area contributed by atoms with Gasteiger partial charge >= 0.3 is 0 Å². The summed E-state index contributed by atoms with van der Waals surface area (Å²) in [4.78, 5) is 30.4. The summed E-state index contributed by atoms with van der Waals surface area (Å²) in [6.07, 6.45) is -0.0949. The molecule has 1 rings (SSSR count). The highest BCUT2D eigenvalue weighted by atomic mass is 16.3. The van der Waals surface area contributed by atoms with Gasteiger partial charge in [-0.3, -0.25) is 14.9 Å². The third-order valence-corrected chi connectivity index (χ3v) is 1.07. The predicted octanol–water partition coefficient (Wildman–Crippen LogP) is -0.832. The number of rotatable bonds is 1. The van der Waals surface area contributed by atoms with Crippen LogP contribution in [0.15, 0.2) is 5.18 Å². The molecule has 0 bridgehead atoms. The van der Waals surface area contributed by atoms with Crippen LogP contribution in [0.25, 0.3) is 0 Å². The Kier molecular flexibility index (Phi) is 1.26. The molecule has 9 heavy (non-hydrogen) atoms. The molecule has 48 valence electrons. The lowest BCUT2D eigenvalue weighted by Crippen LogP contribution is -2.23. The van der Waals surface area contributed by atoms with Crippen LogP contribution in [0.4, 0.5) is 0 Å². The molecule has 0 spiro atoms. The van der Waals surface area contributed by atoms with Crippen molar-refractivity contribution in [3.05, 3.63) is 4.91 Å². The first-order valence-corrected chi connectivity index (χ1v) is 2.40. The molecule has 1 heterocycles. The highest BCUT2D eigenvalue weighted by Gasteiger charge is 2.31. The first-order chi connectivity index (χ1) is 4.24. The fraction of sp³-hybridized carbons (Fsp3) is 0.500. The van der Waals surface area contributed by atoms with Gasteiger partial charge in [0.2, 0.25) is 5.91 Å². The van der Waals surface area contributed by atoms with Crippen LogP contribution < -0.4 is 5.32 Å². The van der Waals surface area contributed by atoms with E-state index in [1.807, 2.05) is 5.32 Å². The normalized spacial score (nSPS) is 26.0. The maximum Gasteiger partial charge on any atom is 0.255 e. The van der Waals surface area contributed by atoms with Gasteiger partial charge in [-0.1, -0.05) is 5.18 Å². The van der Waals surface area contributed by atoms with E-state index in [2.05, 4.69) is 5.18 Å². The lowest BCUT2D eigenvalue weighted by Gasteiger charge is -1.86. The van der Waals surface area contributed by atoms with Crippen LogP contribution in [0.3, 0.4) is 0 Å². The lowest BCUT2D eigenvalue weighted by molar-refractivity contribution is -0.125. The maximum atomic E-state index is 10.4. The molecular formula is C4H4N2O3. The first kappa shape index (κ1) is 5.87. The topological polar surface area (TPSA) is 75.6 Å². The number of carbonyl (C=O) groups is 2. The van der Waals surface area contributed by atoms with Gasteiger partial charge in [-0.15, -0.1) is 4.91 Å². The van der Waals surface area contributed by atoms with Crippen molar-refractivity contribution in [2.24, 2.45) is 5.18 Å². The monoisotopic (exact) mass is 128 g/mol. The van der Waals surface area contributed by atoms with Crippen LogP contribution in [-0.2, 0) is 9.59 Å². The summed E-state index contributed by atoms with van der Waals surface area (Å²) in [5.41, 5.74) is 0. The molecule has 0 radical (unpaired) electrons. The molecule has 1 N–H and O–H groups in total. The number of nitroso groups, excluding NO2 is 1. The number of carbonyl (C=O) groups excluding carboxylic acids is 2. The van der Waals surface area contributed by atoms with Crippen LogP contribution >= 0.6 is 0 Å². The van der Waals surface area contributed by atoms with Crippen LogP contribution in [0.5, 0.6) is 0 Å². The van der Waals surface area contributed by atoms with Gasteiger partial charge in [0.15, 0.2) is 6.04 Å². The van der Waals surface area contributed by atoms with E-state index in [0.717, 1.165) is 0 Å². The van der Waals surface area contributed by atoms with Crippen molar-refractivity contribution in [1.29, 1.82) is 0 Å². The van der Waals surface area contributed by atoms with Crippen molar-refractivity contribution in [3.63, 3.8) is 0 Å². The van der Waals surface area contributed by atoms with Gasteiger partial charge in [0.05, 0.1) is 6.42 Å². The summed E-state index contributed by atoms with van der Waals surface area (Å²) in [6.45, 7) is 0. The second-order valence-electron chi connectivity index (χ2n) is 1.74. The summed E-state index contributed by atoms with van der Waals surface area (Å²) < 4.78 is 0. The lowest BCUT2D eigenvalue weighted by atomic mass is 10.3. The first-order valence-electron chi connectivity index (χ1n) is 2.40. The molecule has 1 aliphatic heterocycles. The number of hydrogen-bond donors (Lipinski definition) is 1. The molecule has 0 saturated carbocycles. The third kappa shape index (κ3) is 0.933. The molecule has 0 aromatic carbocycles. The fourth-order valence-corrected chi connectivity index (χ4v) is 0.625. The van der Waals surface area contributed by atoms with Crippen molar-refractivity contribution < 1.29 is 9.59 Å². The molecule has 1 saturated heterocycles. The quantitative estimate of drug-likeness (QED) is 0.370. The molecule has 0 aromatic rings. The Bertz CT molecular complexity index is 177. The van der Waals surface area contributed by atoms with Crippen LogP contribution in [0, 0.1) is 4.91 Å². The van der Waals surface area contributed by atoms with Crippen LogP contribution in [0.2, 0.25) is 0 Å². The average Bonchev–Trinajstić information content (AvgIpc) is 2.10. The zero-order chi connectivity index (χ0) is 6.85. The van der Waals surface area contributed by atoms with Gasteiger partial charge in [0.1, 0.15) is 0 Å². The minimum atomic E-state index is -0.988.